The number of fused-ring (bicyclic) bond motifs is 1. The van der Waals surface area contributed by atoms with Crippen molar-refractivity contribution >= 4 is 11.9 Å². The van der Waals surface area contributed by atoms with Crippen LogP contribution in [0, 0.1) is 5.92 Å². The van der Waals surface area contributed by atoms with E-state index in [0.29, 0.717) is 24.0 Å². The number of aryl methyl sites for hydroxylation is 1. The number of aromatic nitrogens is 2. The molecule has 2 rings (SSSR count). The molecule has 20 heavy (non-hydrogen) atoms. The van der Waals surface area contributed by atoms with E-state index < -0.39 is 5.91 Å². The van der Waals surface area contributed by atoms with Crippen LogP contribution in [0.5, 0.6) is 0 Å². The van der Waals surface area contributed by atoms with Crippen LogP contribution in [0.25, 0.3) is 0 Å². The Bertz CT molecular complexity index is 507. The first kappa shape index (κ1) is 14.4. The predicted molar refractivity (Wildman–Crippen MR) is 77.3 cm³/mol. The lowest BCUT2D eigenvalue weighted by Crippen LogP contribution is -2.33. The van der Waals surface area contributed by atoms with Crippen LogP contribution >= 0.6 is 0 Å². The van der Waals surface area contributed by atoms with Crippen LogP contribution in [0.2, 0.25) is 0 Å². The summed E-state index contributed by atoms with van der Waals surface area (Å²) >= 11 is 0. The third-order valence-electron chi connectivity index (χ3n) is 3.52. The molecular weight excluding hydrogens is 256 g/mol. The first-order chi connectivity index (χ1) is 9.61. The molecular formula is C13H22N6O. The van der Waals surface area contributed by atoms with E-state index in [4.69, 9.17) is 11.5 Å². The van der Waals surface area contributed by atoms with Crippen LogP contribution in [0.4, 0.5) is 0 Å². The Balaban J connectivity index is 1.97. The number of nitrogens with two attached hydrogens (primary N) is 2. The molecule has 0 bridgehead atoms. The highest BCUT2D eigenvalue weighted by Gasteiger charge is 2.24. The number of primary amides is 1. The first-order valence-corrected chi connectivity index (χ1v) is 7.00. The molecule has 0 fully saturated rings. The van der Waals surface area contributed by atoms with Crippen LogP contribution in [0.1, 0.15) is 35.8 Å². The Kier molecular flexibility index (Phi) is 4.60. The van der Waals surface area contributed by atoms with Gasteiger partial charge in [-0.05, 0) is 25.2 Å². The van der Waals surface area contributed by atoms with Crippen LogP contribution < -0.4 is 16.8 Å². The SMILES string of the molecule is CCCNC(N)=NCC1CCn2ncc(C(N)=O)c2C1. The van der Waals surface area contributed by atoms with Gasteiger partial charge in [0.1, 0.15) is 0 Å². The number of amides is 1. The highest BCUT2D eigenvalue weighted by Crippen LogP contribution is 2.22. The molecule has 1 aliphatic rings. The van der Waals surface area contributed by atoms with Gasteiger partial charge in [0.25, 0.3) is 5.91 Å². The van der Waals surface area contributed by atoms with Crippen molar-refractivity contribution in [3.05, 3.63) is 17.5 Å². The van der Waals surface area contributed by atoms with Crippen LogP contribution in [0.15, 0.2) is 11.2 Å². The fraction of sp³-hybridized carbons (Fsp3) is 0.615. The molecule has 0 radical (unpaired) electrons. The monoisotopic (exact) mass is 278 g/mol. The lowest BCUT2D eigenvalue weighted by Gasteiger charge is -2.22. The van der Waals surface area contributed by atoms with Crippen LogP contribution in [-0.2, 0) is 13.0 Å². The summed E-state index contributed by atoms with van der Waals surface area (Å²) in [7, 11) is 0. The third kappa shape index (κ3) is 3.28. The van der Waals surface area contributed by atoms with E-state index in [2.05, 4.69) is 22.3 Å². The van der Waals surface area contributed by atoms with E-state index in [1.165, 1.54) is 0 Å². The largest absolute Gasteiger partial charge is 0.370 e. The van der Waals surface area contributed by atoms with Crippen molar-refractivity contribution in [3.63, 3.8) is 0 Å². The minimum Gasteiger partial charge on any atom is -0.370 e. The Hall–Kier alpha value is -2.05. The number of carbonyl (C=O) groups is 1. The quantitative estimate of drug-likeness (QED) is 0.514. The van der Waals surface area contributed by atoms with Crippen molar-refractivity contribution in [3.8, 4) is 0 Å². The van der Waals surface area contributed by atoms with Crippen molar-refractivity contribution < 1.29 is 4.79 Å². The van der Waals surface area contributed by atoms with E-state index in [9.17, 15) is 4.79 Å². The van der Waals surface area contributed by atoms with Crippen LogP contribution in [0.3, 0.4) is 0 Å². The number of carbonyl (C=O) groups excluding carboxylic acids is 1. The van der Waals surface area contributed by atoms with E-state index >= 15 is 0 Å². The summed E-state index contributed by atoms with van der Waals surface area (Å²) in [4.78, 5) is 15.7. The Labute approximate surface area is 118 Å². The molecule has 7 heteroatoms. The summed E-state index contributed by atoms with van der Waals surface area (Å²) in [5.41, 5.74) is 12.6. The maximum atomic E-state index is 11.3. The average Bonchev–Trinajstić information content (AvgIpc) is 2.86. The molecule has 0 spiro atoms. The molecule has 1 aliphatic heterocycles. The Morgan fingerprint density at radius 3 is 3.10 bits per heavy atom. The average molecular weight is 278 g/mol. The standard InChI is InChI=1S/C13H22N6O/c1-2-4-16-13(15)17-7-9-3-5-19-11(6-9)10(8-18-19)12(14)20/h8-9H,2-7H2,1H3,(H2,14,20)(H3,15,16,17). The van der Waals surface area contributed by atoms with E-state index in [1.807, 2.05) is 4.68 Å². The van der Waals surface area contributed by atoms with Crippen molar-refractivity contribution in [1.82, 2.24) is 15.1 Å². The van der Waals surface area contributed by atoms with Crippen LogP contribution in [-0.4, -0.2) is 34.7 Å². The summed E-state index contributed by atoms with van der Waals surface area (Å²) in [5.74, 6) is 0.444. The number of nitrogens with one attached hydrogen (secondary N) is 1. The Morgan fingerprint density at radius 1 is 1.60 bits per heavy atom. The summed E-state index contributed by atoms with van der Waals surface area (Å²) in [5, 5.41) is 7.24. The molecule has 0 saturated carbocycles. The first-order valence-electron chi connectivity index (χ1n) is 7.00. The zero-order valence-corrected chi connectivity index (χ0v) is 11.8. The molecule has 1 unspecified atom stereocenters. The number of nitrogens with zero attached hydrogens (tertiary/aromatic N) is 3. The zero-order chi connectivity index (χ0) is 14.5. The number of aliphatic imine (C=N–C) groups is 1. The topological polar surface area (TPSA) is 111 Å². The minimum atomic E-state index is -0.417. The van der Waals surface area contributed by atoms with Gasteiger partial charge in [0.05, 0.1) is 17.5 Å². The van der Waals surface area contributed by atoms with E-state index in [1.54, 1.807) is 6.20 Å². The smallest absolute Gasteiger partial charge is 0.252 e. The van der Waals surface area contributed by atoms with E-state index in [0.717, 1.165) is 38.0 Å². The lowest BCUT2D eigenvalue weighted by atomic mass is 9.94. The molecule has 5 N–H and O–H groups in total. The second kappa shape index (κ2) is 6.40. The van der Waals surface area contributed by atoms with Gasteiger partial charge in [-0.25, -0.2) is 0 Å². The normalized spacial score (nSPS) is 18.6. The highest BCUT2D eigenvalue weighted by molar-refractivity contribution is 5.93. The summed E-state index contributed by atoms with van der Waals surface area (Å²) in [6, 6.07) is 0. The fourth-order valence-electron chi connectivity index (χ4n) is 2.40. The minimum absolute atomic E-state index is 0.374. The van der Waals surface area contributed by atoms with Gasteiger partial charge < -0.3 is 16.8 Å². The van der Waals surface area contributed by atoms with Gasteiger partial charge in [0.2, 0.25) is 0 Å². The molecule has 2 heterocycles. The fourth-order valence-corrected chi connectivity index (χ4v) is 2.40. The van der Waals surface area contributed by atoms with Crippen molar-refractivity contribution in [2.24, 2.45) is 22.4 Å². The van der Waals surface area contributed by atoms with Gasteiger partial charge in [-0.1, -0.05) is 6.92 Å². The molecule has 1 aromatic heterocycles. The Morgan fingerprint density at radius 2 is 2.40 bits per heavy atom. The van der Waals surface area contributed by atoms with Gasteiger partial charge in [-0.15, -0.1) is 0 Å². The summed E-state index contributed by atoms with van der Waals surface area (Å²) in [6.45, 7) is 4.36. The maximum Gasteiger partial charge on any atom is 0.252 e. The summed E-state index contributed by atoms with van der Waals surface area (Å²) in [6.07, 6.45) is 4.32. The molecule has 0 aliphatic carbocycles. The third-order valence-corrected chi connectivity index (χ3v) is 3.52. The lowest BCUT2D eigenvalue weighted by molar-refractivity contribution is 0.0998. The molecule has 1 atom stereocenters. The van der Waals surface area contributed by atoms with Crippen molar-refractivity contribution in [1.29, 1.82) is 0 Å². The summed E-state index contributed by atoms with van der Waals surface area (Å²) < 4.78 is 1.86. The van der Waals surface area contributed by atoms with E-state index in [-0.39, 0.29) is 0 Å². The van der Waals surface area contributed by atoms with Gasteiger partial charge in [-0.3, -0.25) is 14.5 Å². The molecule has 7 nitrogen and oxygen atoms in total. The molecule has 110 valence electrons. The second-order valence-corrected chi connectivity index (χ2v) is 5.10. The van der Waals surface area contributed by atoms with Gasteiger partial charge in [-0.2, -0.15) is 5.10 Å². The maximum absolute atomic E-state index is 11.3. The van der Waals surface area contributed by atoms with Gasteiger partial charge in [0, 0.05) is 19.6 Å². The zero-order valence-electron chi connectivity index (χ0n) is 11.8. The molecule has 0 saturated heterocycles. The molecule has 1 amide bonds. The second-order valence-electron chi connectivity index (χ2n) is 5.10. The number of rotatable bonds is 5. The van der Waals surface area contributed by atoms with Crippen molar-refractivity contribution in [2.75, 3.05) is 13.1 Å². The molecule has 0 aromatic carbocycles. The molecule has 1 aromatic rings. The number of hydrogen-bond donors (Lipinski definition) is 3. The van der Waals surface area contributed by atoms with Gasteiger partial charge >= 0.3 is 0 Å². The number of guanidine groups is 1. The highest BCUT2D eigenvalue weighted by atomic mass is 16.1. The number of hydrogen-bond acceptors (Lipinski definition) is 3. The van der Waals surface area contributed by atoms with Gasteiger partial charge in [0.15, 0.2) is 5.96 Å². The predicted octanol–water partition coefficient (Wildman–Crippen LogP) is -0.141. The van der Waals surface area contributed by atoms with Crippen molar-refractivity contribution in [2.45, 2.75) is 32.7 Å².